The molecule has 7 nitrogen and oxygen atoms in total. The summed E-state index contributed by atoms with van der Waals surface area (Å²) in [5, 5.41) is 15.6. The van der Waals surface area contributed by atoms with Gasteiger partial charge in [0.1, 0.15) is 5.82 Å². The van der Waals surface area contributed by atoms with Gasteiger partial charge in [0.25, 0.3) is 5.91 Å². The van der Waals surface area contributed by atoms with Gasteiger partial charge in [0.2, 0.25) is 0 Å². The lowest BCUT2D eigenvalue weighted by Crippen LogP contribution is -2.28. The van der Waals surface area contributed by atoms with E-state index >= 15 is 0 Å². The van der Waals surface area contributed by atoms with Crippen molar-refractivity contribution >= 4 is 17.7 Å². The summed E-state index contributed by atoms with van der Waals surface area (Å²) < 4.78 is 44.2. The van der Waals surface area contributed by atoms with Gasteiger partial charge in [-0.1, -0.05) is 43.3 Å². The maximum Gasteiger partial charge on any atom is 0.434 e. The summed E-state index contributed by atoms with van der Waals surface area (Å²) in [6, 6.07) is 6.46. The number of benzene rings is 1. The van der Waals surface area contributed by atoms with E-state index < -0.39 is 23.3 Å². The number of halogens is 3. The van der Waals surface area contributed by atoms with Crippen LogP contribution in [0.4, 0.5) is 13.2 Å². The standard InChI is InChI=1S/C22H27F3N6OS/c1-14(2)13-30-18(28-29-21(30)33-4)6-5-11-26-20(32)17-12-27-31(19(17)22(23,24)25)16-9-7-15(3)8-10-16/h7-10,12,14H,5-6,11,13H2,1-4H3,(H,26,32). The van der Waals surface area contributed by atoms with Crippen LogP contribution in [-0.4, -0.2) is 43.3 Å². The van der Waals surface area contributed by atoms with Crippen molar-refractivity contribution in [2.45, 2.75) is 51.5 Å². The SMILES string of the molecule is CSc1nnc(CCCNC(=O)c2cnn(-c3ccc(C)cc3)c2C(F)(F)F)n1CC(C)C. The smallest absolute Gasteiger partial charge is 0.352 e. The molecule has 0 bridgehead atoms. The molecule has 0 radical (unpaired) electrons. The highest BCUT2D eigenvalue weighted by Crippen LogP contribution is 2.33. The average molecular weight is 481 g/mol. The van der Waals surface area contributed by atoms with Crippen LogP contribution >= 0.6 is 11.8 Å². The van der Waals surface area contributed by atoms with Crippen LogP contribution in [0.5, 0.6) is 0 Å². The molecule has 0 fully saturated rings. The first-order chi connectivity index (χ1) is 15.6. The van der Waals surface area contributed by atoms with Crippen LogP contribution in [0.3, 0.4) is 0 Å². The molecule has 0 spiro atoms. The lowest BCUT2D eigenvalue weighted by atomic mass is 10.2. The van der Waals surface area contributed by atoms with Gasteiger partial charge in [-0.25, -0.2) is 4.68 Å². The Labute approximate surface area is 194 Å². The van der Waals surface area contributed by atoms with E-state index in [1.807, 2.05) is 17.7 Å². The van der Waals surface area contributed by atoms with Crippen molar-refractivity contribution in [1.82, 2.24) is 29.9 Å². The van der Waals surface area contributed by atoms with E-state index in [1.165, 1.54) is 23.9 Å². The summed E-state index contributed by atoms with van der Waals surface area (Å²) in [4.78, 5) is 12.6. The highest BCUT2D eigenvalue weighted by Gasteiger charge is 2.40. The van der Waals surface area contributed by atoms with Crippen LogP contribution in [0.1, 0.15) is 47.7 Å². The highest BCUT2D eigenvalue weighted by atomic mass is 32.2. The minimum absolute atomic E-state index is 0.203. The lowest BCUT2D eigenvalue weighted by Gasteiger charge is -2.13. The van der Waals surface area contributed by atoms with Crippen LogP contribution in [-0.2, 0) is 19.1 Å². The van der Waals surface area contributed by atoms with Crippen LogP contribution in [0.2, 0.25) is 0 Å². The Morgan fingerprint density at radius 2 is 1.88 bits per heavy atom. The third kappa shape index (κ3) is 5.95. The van der Waals surface area contributed by atoms with E-state index in [4.69, 9.17) is 0 Å². The van der Waals surface area contributed by atoms with E-state index in [0.717, 1.165) is 34.0 Å². The highest BCUT2D eigenvalue weighted by molar-refractivity contribution is 7.98. The number of hydrogen-bond donors (Lipinski definition) is 1. The predicted molar refractivity (Wildman–Crippen MR) is 121 cm³/mol. The number of alkyl halides is 3. The van der Waals surface area contributed by atoms with Gasteiger partial charge in [0.15, 0.2) is 10.9 Å². The average Bonchev–Trinajstić information content (AvgIpc) is 3.36. The van der Waals surface area contributed by atoms with Crippen LogP contribution in [0, 0.1) is 12.8 Å². The number of amides is 1. The fourth-order valence-electron chi connectivity index (χ4n) is 3.42. The second-order valence-corrected chi connectivity index (χ2v) is 8.89. The van der Waals surface area contributed by atoms with Crippen LogP contribution in [0.25, 0.3) is 5.69 Å². The first kappa shape index (κ1) is 24.8. The number of rotatable bonds is 9. The molecule has 178 valence electrons. The molecule has 0 aliphatic carbocycles. The predicted octanol–water partition coefficient (Wildman–Crippen LogP) is 4.53. The zero-order valence-electron chi connectivity index (χ0n) is 19.0. The number of nitrogens with one attached hydrogen (secondary N) is 1. The number of aromatic nitrogens is 5. The quantitative estimate of drug-likeness (QED) is 0.360. The molecule has 3 rings (SSSR count). The molecule has 0 saturated heterocycles. The van der Waals surface area contributed by atoms with Gasteiger partial charge in [-0.15, -0.1) is 10.2 Å². The minimum Gasteiger partial charge on any atom is -0.352 e. The number of nitrogens with zero attached hydrogens (tertiary/aromatic N) is 5. The monoisotopic (exact) mass is 480 g/mol. The molecule has 1 amide bonds. The number of aryl methyl sites for hydroxylation is 2. The Bertz CT molecular complexity index is 1090. The van der Waals surface area contributed by atoms with Crippen molar-refractivity contribution in [3.8, 4) is 5.69 Å². The minimum atomic E-state index is -4.74. The Hall–Kier alpha value is -2.82. The lowest BCUT2D eigenvalue weighted by molar-refractivity contribution is -0.143. The maximum atomic E-state index is 13.8. The summed E-state index contributed by atoms with van der Waals surface area (Å²) >= 11 is 1.51. The Kier molecular flexibility index (Phi) is 7.83. The van der Waals surface area contributed by atoms with Gasteiger partial charge in [0, 0.05) is 19.5 Å². The molecular weight excluding hydrogens is 453 g/mol. The fraction of sp³-hybridized carbons (Fsp3) is 0.455. The summed E-state index contributed by atoms with van der Waals surface area (Å²) in [6.07, 6.45) is -0.781. The molecular formula is C22H27F3N6OS. The molecule has 2 aromatic heterocycles. The Morgan fingerprint density at radius 3 is 2.48 bits per heavy atom. The van der Waals surface area contributed by atoms with Crippen LogP contribution < -0.4 is 5.32 Å². The maximum absolute atomic E-state index is 13.8. The van der Waals surface area contributed by atoms with Gasteiger partial charge in [0.05, 0.1) is 17.4 Å². The first-order valence-corrected chi connectivity index (χ1v) is 11.8. The van der Waals surface area contributed by atoms with E-state index in [2.05, 4.69) is 34.5 Å². The third-order valence-electron chi connectivity index (χ3n) is 4.95. The first-order valence-electron chi connectivity index (χ1n) is 10.6. The summed E-state index contributed by atoms with van der Waals surface area (Å²) in [5.41, 5.74) is -0.451. The Morgan fingerprint density at radius 1 is 1.18 bits per heavy atom. The van der Waals surface area contributed by atoms with Crippen molar-refractivity contribution in [2.24, 2.45) is 5.92 Å². The van der Waals surface area contributed by atoms with E-state index in [0.29, 0.717) is 18.8 Å². The molecule has 0 unspecified atom stereocenters. The molecule has 1 N–H and O–H groups in total. The van der Waals surface area contributed by atoms with Crippen molar-refractivity contribution in [1.29, 1.82) is 0 Å². The zero-order valence-corrected chi connectivity index (χ0v) is 19.8. The second-order valence-electron chi connectivity index (χ2n) is 8.12. The number of hydrogen-bond acceptors (Lipinski definition) is 5. The van der Waals surface area contributed by atoms with Gasteiger partial charge >= 0.3 is 6.18 Å². The normalized spacial score (nSPS) is 11.9. The molecule has 0 aliphatic rings. The topological polar surface area (TPSA) is 77.6 Å². The fourth-order valence-corrected chi connectivity index (χ4v) is 3.94. The molecule has 0 aliphatic heterocycles. The molecule has 3 aromatic rings. The summed E-state index contributed by atoms with van der Waals surface area (Å²) in [6.45, 7) is 7.02. The molecule has 33 heavy (non-hydrogen) atoms. The molecule has 2 heterocycles. The van der Waals surface area contributed by atoms with Gasteiger partial charge < -0.3 is 9.88 Å². The number of carbonyl (C=O) groups excluding carboxylic acids is 1. The largest absolute Gasteiger partial charge is 0.434 e. The van der Waals surface area contributed by atoms with Gasteiger partial charge in [-0.3, -0.25) is 4.79 Å². The van der Waals surface area contributed by atoms with Crippen LogP contribution in [0.15, 0.2) is 35.6 Å². The third-order valence-corrected chi connectivity index (χ3v) is 5.61. The molecule has 0 atom stereocenters. The second kappa shape index (κ2) is 10.4. The van der Waals surface area contributed by atoms with Gasteiger partial charge in [-0.2, -0.15) is 18.3 Å². The molecule has 0 saturated carbocycles. The van der Waals surface area contributed by atoms with Crippen molar-refractivity contribution in [3.05, 3.63) is 53.1 Å². The van der Waals surface area contributed by atoms with Crippen molar-refractivity contribution in [3.63, 3.8) is 0 Å². The van der Waals surface area contributed by atoms with Crippen molar-refractivity contribution < 1.29 is 18.0 Å². The molecule has 11 heteroatoms. The molecule has 1 aromatic carbocycles. The van der Waals surface area contributed by atoms with E-state index in [9.17, 15) is 18.0 Å². The zero-order chi connectivity index (χ0) is 24.2. The van der Waals surface area contributed by atoms with Crippen molar-refractivity contribution in [2.75, 3.05) is 12.8 Å². The summed E-state index contributed by atoms with van der Waals surface area (Å²) in [5.74, 6) is 0.399. The summed E-state index contributed by atoms with van der Waals surface area (Å²) in [7, 11) is 0. The van der Waals surface area contributed by atoms with E-state index in [1.54, 1.807) is 12.1 Å². The number of thioether (sulfide) groups is 1. The van der Waals surface area contributed by atoms with Gasteiger partial charge in [-0.05, 0) is 37.7 Å². The Balaban J connectivity index is 1.69. The number of carbonyl (C=O) groups is 1. The van der Waals surface area contributed by atoms with E-state index in [-0.39, 0.29) is 12.2 Å².